The molecule has 1 aliphatic carbocycles. The molecule has 1 rings (SSSR count). The van der Waals surface area contributed by atoms with Gasteiger partial charge in [-0.3, -0.25) is 0 Å². The Labute approximate surface area is 93.9 Å². The molecule has 0 spiro atoms. The van der Waals surface area contributed by atoms with Gasteiger partial charge in [0, 0.05) is 5.92 Å². The van der Waals surface area contributed by atoms with E-state index in [1.54, 1.807) is 0 Å². The van der Waals surface area contributed by atoms with Crippen molar-refractivity contribution in [2.45, 2.75) is 48.0 Å². The lowest BCUT2D eigenvalue weighted by atomic mass is 9.71. The van der Waals surface area contributed by atoms with Crippen LogP contribution in [0.3, 0.4) is 0 Å². The molecule has 0 aromatic heterocycles. The second-order valence-corrected chi connectivity index (χ2v) is 6.61. The Bertz CT molecular complexity index is 294. The molecular formula is C14H24O. The molecule has 0 aromatic carbocycles. The molecule has 1 heteroatoms. The van der Waals surface area contributed by atoms with Crippen molar-refractivity contribution in [3.63, 3.8) is 0 Å². The molecule has 0 saturated carbocycles. The summed E-state index contributed by atoms with van der Waals surface area (Å²) < 4.78 is 0. The van der Waals surface area contributed by atoms with Crippen molar-refractivity contribution in [2.75, 3.05) is 0 Å². The minimum atomic E-state index is 0.0322. The number of allylic oxidation sites excluding steroid dienone is 4. The highest BCUT2D eigenvalue weighted by Crippen LogP contribution is 2.42. The second-order valence-electron chi connectivity index (χ2n) is 6.61. The highest BCUT2D eigenvalue weighted by molar-refractivity contribution is 5.33. The summed E-state index contributed by atoms with van der Waals surface area (Å²) in [5, 5.41) is 10.3. The van der Waals surface area contributed by atoms with Crippen LogP contribution < -0.4 is 0 Å². The normalized spacial score (nSPS) is 23.5. The van der Waals surface area contributed by atoms with E-state index in [-0.39, 0.29) is 16.7 Å². The lowest BCUT2D eigenvalue weighted by Gasteiger charge is -2.35. The highest BCUT2D eigenvalue weighted by Gasteiger charge is 2.33. The molecule has 0 aromatic rings. The van der Waals surface area contributed by atoms with Crippen molar-refractivity contribution < 1.29 is 5.11 Å². The molecule has 0 radical (unpaired) electrons. The quantitative estimate of drug-likeness (QED) is 0.623. The average molecular weight is 208 g/mol. The van der Waals surface area contributed by atoms with E-state index in [0.717, 1.165) is 12.0 Å². The van der Waals surface area contributed by atoms with E-state index in [4.69, 9.17) is 0 Å². The van der Waals surface area contributed by atoms with Crippen molar-refractivity contribution in [1.82, 2.24) is 0 Å². The van der Waals surface area contributed by atoms with Crippen LogP contribution in [0.1, 0.15) is 48.0 Å². The Hall–Kier alpha value is -0.720. The molecule has 1 unspecified atom stereocenters. The molecular weight excluding hydrogens is 184 g/mol. The molecule has 0 amide bonds. The van der Waals surface area contributed by atoms with Crippen molar-refractivity contribution in [3.8, 4) is 0 Å². The molecule has 15 heavy (non-hydrogen) atoms. The fraction of sp³-hybridized carbons (Fsp3) is 0.714. The molecule has 0 bridgehead atoms. The van der Waals surface area contributed by atoms with Crippen molar-refractivity contribution in [1.29, 1.82) is 0 Å². The predicted molar refractivity (Wildman–Crippen MR) is 65.8 cm³/mol. The number of hydrogen-bond acceptors (Lipinski definition) is 1. The van der Waals surface area contributed by atoms with Crippen molar-refractivity contribution >= 4 is 0 Å². The Balaban J connectivity index is 3.11. The summed E-state index contributed by atoms with van der Waals surface area (Å²) >= 11 is 0. The van der Waals surface area contributed by atoms with Gasteiger partial charge in [0.1, 0.15) is 0 Å². The number of aliphatic hydroxyl groups is 1. The summed E-state index contributed by atoms with van der Waals surface area (Å²) in [7, 11) is 0. The van der Waals surface area contributed by atoms with E-state index < -0.39 is 0 Å². The highest BCUT2D eigenvalue weighted by atomic mass is 16.3. The standard InChI is InChI=1S/C14H24O/c1-13(2,3)10-8-7-9-11(12(10)15)14(4,5)6/h7-8,11,15H,9H2,1-6H3. The van der Waals surface area contributed by atoms with Crippen LogP contribution in [0, 0.1) is 16.7 Å². The number of hydrogen-bond donors (Lipinski definition) is 1. The van der Waals surface area contributed by atoms with Crippen LogP contribution in [0.5, 0.6) is 0 Å². The Morgan fingerprint density at radius 2 is 1.67 bits per heavy atom. The molecule has 1 nitrogen and oxygen atoms in total. The van der Waals surface area contributed by atoms with Crippen molar-refractivity contribution in [3.05, 3.63) is 23.5 Å². The average Bonchev–Trinajstić information content (AvgIpc) is 1.99. The van der Waals surface area contributed by atoms with Crippen LogP contribution >= 0.6 is 0 Å². The van der Waals surface area contributed by atoms with E-state index in [2.05, 4.69) is 53.7 Å². The molecule has 0 heterocycles. The van der Waals surface area contributed by atoms with Gasteiger partial charge in [0.2, 0.25) is 0 Å². The van der Waals surface area contributed by atoms with E-state index >= 15 is 0 Å². The second kappa shape index (κ2) is 3.70. The summed E-state index contributed by atoms with van der Waals surface area (Å²) in [4.78, 5) is 0. The minimum absolute atomic E-state index is 0.0322. The first-order chi connectivity index (χ1) is 6.64. The topological polar surface area (TPSA) is 20.2 Å². The van der Waals surface area contributed by atoms with Gasteiger partial charge < -0.3 is 5.11 Å². The first kappa shape index (κ1) is 12.4. The van der Waals surface area contributed by atoms with Crippen LogP contribution in [0.2, 0.25) is 0 Å². The maximum absolute atomic E-state index is 10.3. The molecule has 1 aliphatic rings. The fourth-order valence-electron chi connectivity index (χ4n) is 2.10. The first-order valence-corrected chi connectivity index (χ1v) is 5.74. The van der Waals surface area contributed by atoms with Gasteiger partial charge in [-0.25, -0.2) is 0 Å². The van der Waals surface area contributed by atoms with Gasteiger partial charge >= 0.3 is 0 Å². The Kier molecular flexibility index (Phi) is 3.04. The van der Waals surface area contributed by atoms with Gasteiger partial charge in [0.05, 0.1) is 5.76 Å². The van der Waals surface area contributed by atoms with Crippen LogP contribution in [-0.2, 0) is 0 Å². The Morgan fingerprint density at radius 1 is 1.13 bits per heavy atom. The third-order valence-corrected chi connectivity index (χ3v) is 3.12. The molecule has 1 N–H and O–H groups in total. The van der Waals surface area contributed by atoms with E-state index in [1.807, 2.05) is 0 Å². The van der Waals surface area contributed by atoms with Gasteiger partial charge in [-0.2, -0.15) is 0 Å². The SMILES string of the molecule is CC(C)(C)C1=C(O)C(C(C)(C)C)CC=C1. The van der Waals surface area contributed by atoms with Gasteiger partial charge in [0.15, 0.2) is 0 Å². The number of rotatable bonds is 0. The maximum atomic E-state index is 10.3. The minimum Gasteiger partial charge on any atom is -0.512 e. The van der Waals surface area contributed by atoms with Crippen molar-refractivity contribution in [2.24, 2.45) is 16.7 Å². The molecule has 86 valence electrons. The zero-order valence-corrected chi connectivity index (χ0v) is 10.9. The zero-order chi connectivity index (χ0) is 11.9. The van der Waals surface area contributed by atoms with E-state index in [1.165, 1.54) is 0 Å². The van der Waals surface area contributed by atoms with Gasteiger partial charge in [-0.15, -0.1) is 0 Å². The van der Waals surface area contributed by atoms with E-state index in [9.17, 15) is 5.11 Å². The van der Waals surface area contributed by atoms with Gasteiger partial charge in [-0.05, 0) is 22.8 Å². The summed E-state index contributed by atoms with van der Waals surface area (Å²) in [6.45, 7) is 13.0. The summed E-state index contributed by atoms with van der Waals surface area (Å²) in [6, 6.07) is 0. The molecule has 0 saturated heterocycles. The predicted octanol–water partition coefficient (Wildman–Crippen LogP) is 4.47. The lowest BCUT2D eigenvalue weighted by Crippen LogP contribution is -2.27. The first-order valence-electron chi connectivity index (χ1n) is 5.74. The van der Waals surface area contributed by atoms with Gasteiger partial charge in [0.25, 0.3) is 0 Å². The van der Waals surface area contributed by atoms with Crippen LogP contribution in [0.4, 0.5) is 0 Å². The monoisotopic (exact) mass is 208 g/mol. The third-order valence-electron chi connectivity index (χ3n) is 3.12. The maximum Gasteiger partial charge on any atom is 0.0998 e. The Morgan fingerprint density at radius 3 is 2.07 bits per heavy atom. The zero-order valence-electron chi connectivity index (χ0n) is 10.9. The number of aliphatic hydroxyl groups excluding tert-OH is 1. The molecule has 0 fully saturated rings. The lowest BCUT2D eigenvalue weighted by molar-refractivity contribution is 0.191. The van der Waals surface area contributed by atoms with E-state index in [0.29, 0.717) is 5.76 Å². The molecule has 1 atom stereocenters. The summed E-state index contributed by atoms with van der Waals surface area (Å²) in [5.74, 6) is 0.856. The summed E-state index contributed by atoms with van der Waals surface area (Å²) in [6.07, 6.45) is 5.22. The largest absolute Gasteiger partial charge is 0.512 e. The smallest absolute Gasteiger partial charge is 0.0998 e. The van der Waals surface area contributed by atoms with Crippen LogP contribution in [-0.4, -0.2) is 5.11 Å². The molecule has 0 aliphatic heterocycles. The van der Waals surface area contributed by atoms with Crippen LogP contribution in [0.25, 0.3) is 0 Å². The van der Waals surface area contributed by atoms with Crippen LogP contribution in [0.15, 0.2) is 23.5 Å². The summed E-state index contributed by atoms with van der Waals surface area (Å²) in [5.41, 5.74) is 1.25. The van der Waals surface area contributed by atoms with Gasteiger partial charge in [-0.1, -0.05) is 53.7 Å². The fourth-order valence-corrected chi connectivity index (χ4v) is 2.10. The third kappa shape index (κ3) is 2.64.